The van der Waals surface area contributed by atoms with Gasteiger partial charge in [0.15, 0.2) is 0 Å². The van der Waals surface area contributed by atoms with Gasteiger partial charge < -0.3 is 10.1 Å². The highest BCUT2D eigenvalue weighted by Crippen LogP contribution is 2.18. The number of aromatic amines is 1. The first kappa shape index (κ1) is 13.5. The van der Waals surface area contributed by atoms with E-state index in [1.165, 1.54) is 28.3 Å². The highest BCUT2D eigenvalue weighted by atomic mass is 32.1. The van der Waals surface area contributed by atoms with Gasteiger partial charge in [0.05, 0.1) is 23.4 Å². The van der Waals surface area contributed by atoms with Crippen LogP contribution in [0, 0.1) is 0 Å². The summed E-state index contributed by atoms with van der Waals surface area (Å²) in [5.74, 6) is 0.482. The van der Waals surface area contributed by atoms with E-state index in [1.807, 2.05) is 23.6 Å². The first-order valence-electron chi connectivity index (χ1n) is 6.71. The first-order valence-corrected chi connectivity index (χ1v) is 7.59. The number of fused-ring (bicyclic) bond motifs is 1. The molecule has 0 unspecified atom stereocenters. The van der Waals surface area contributed by atoms with Gasteiger partial charge in [0.1, 0.15) is 0 Å². The second kappa shape index (κ2) is 5.54. The Bertz CT molecular complexity index is 970. The number of thiazole rings is 1. The number of nitrogens with zero attached hydrogens (tertiary/aromatic N) is 5. The predicted molar refractivity (Wildman–Crippen MR) is 88.2 cm³/mol. The second-order valence-corrected chi connectivity index (χ2v) is 5.54. The molecule has 9 heteroatoms. The minimum Gasteiger partial charge on any atom is -0.493 e. The molecule has 114 valence electrons. The molecular weight excluding hydrogens is 314 g/mol. The number of benzene rings is 1. The number of rotatable bonds is 4. The molecular formula is C14H11N7OS. The average Bonchev–Trinajstić information content (AvgIpc) is 3.26. The van der Waals surface area contributed by atoms with Gasteiger partial charge in [-0.15, -0.1) is 11.3 Å². The van der Waals surface area contributed by atoms with Crippen molar-refractivity contribution in [2.45, 2.75) is 0 Å². The van der Waals surface area contributed by atoms with E-state index in [0.29, 0.717) is 5.95 Å². The minimum atomic E-state index is 0.0264. The molecule has 0 saturated heterocycles. The molecule has 4 rings (SSSR count). The fourth-order valence-electron chi connectivity index (χ4n) is 2.09. The summed E-state index contributed by atoms with van der Waals surface area (Å²) in [6, 6.07) is 7.20. The average molecular weight is 325 g/mol. The fourth-order valence-corrected chi connectivity index (χ4v) is 2.57. The van der Waals surface area contributed by atoms with E-state index >= 15 is 0 Å². The molecule has 1 aromatic carbocycles. The quantitative estimate of drug-likeness (QED) is 0.395. The number of hydrazone groups is 1. The number of imidazole rings is 1. The van der Waals surface area contributed by atoms with E-state index in [-0.39, 0.29) is 5.88 Å². The number of aromatic nitrogens is 5. The molecule has 8 nitrogen and oxygen atoms in total. The van der Waals surface area contributed by atoms with Crippen molar-refractivity contribution in [1.82, 2.24) is 24.7 Å². The first-order chi connectivity index (χ1) is 11.3. The standard InChI is InChI=1S/C14H11N7OS/c22-12-3-4-17-21(12)13-18-10-2-1-9(7-11(10)19-13)8-16-20-14-15-5-6-23-14/h1-8,22H,(H,15,20)(H,18,19). The van der Waals surface area contributed by atoms with Crippen LogP contribution in [0.15, 0.2) is 47.1 Å². The Morgan fingerprint density at radius 1 is 1.30 bits per heavy atom. The molecule has 0 saturated carbocycles. The summed E-state index contributed by atoms with van der Waals surface area (Å²) < 4.78 is 1.33. The molecule has 0 fully saturated rings. The van der Waals surface area contributed by atoms with Crippen LogP contribution >= 0.6 is 11.3 Å². The van der Waals surface area contributed by atoms with E-state index in [1.54, 1.807) is 12.4 Å². The lowest BCUT2D eigenvalue weighted by Crippen LogP contribution is -1.97. The zero-order chi connectivity index (χ0) is 15.6. The van der Waals surface area contributed by atoms with Gasteiger partial charge in [-0.25, -0.2) is 9.97 Å². The van der Waals surface area contributed by atoms with Crippen molar-refractivity contribution >= 4 is 33.7 Å². The molecule has 23 heavy (non-hydrogen) atoms. The van der Waals surface area contributed by atoms with Crippen LogP contribution in [0.2, 0.25) is 0 Å². The summed E-state index contributed by atoms with van der Waals surface area (Å²) in [5.41, 5.74) is 5.36. The van der Waals surface area contributed by atoms with Crippen molar-refractivity contribution in [2.75, 3.05) is 5.43 Å². The Kier molecular flexibility index (Phi) is 3.24. The molecule has 0 bridgehead atoms. The fraction of sp³-hybridized carbons (Fsp3) is 0. The molecule has 0 spiro atoms. The zero-order valence-corrected chi connectivity index (χ0v) is 12.5. The molecule has 3 heterocycles. The van der Waals surface area contributed by atoms with Crippen molar-refractivity contribution < 1.29 is 5.11 Å². The Labute approximate surface area is 134 Å². The Morgan fingerprint density at radius 3 is 3.04 bits per heavy atom. The zero-order valence-electron chi connectivity index (χ0n) is 11.7. The highest BCUT2D eigenvalue weighted by molar-refractivity contribution is 7.13. The highest BCUT2D eigenvalue weighted by Gasteiger charge is 2.08. The maximum atomic E-state index is 9.70. The van der Waals surface area contributed by atoms with Gasteiger partial charge in [-0.2, -0.15) is 14.9 Å². The van der Waals surface area contributed by atoms with E-state index < -0.39 is 0 Å². The number of hydrogen-bond acceptors (Lipinski definition) is 7. The Balaban J connectivity index is 1.60. The maximum Gasteiger partial charge on any atom is 0.232 e. The van der Waals surface area contributed by atoms with Crippen molar-refractivity contribution in [3.05, 3.63) is 47.6 Å². The normalized spacial score (nSPS) is 11.5. The predicted octanol–water partition coefficient (Wildman–Crippen LogP) is 2.36. The number of nitrogens with one attached hydrogen (secondary N) is 2. The summed E-state index contributed by atoms with van der Waals surface area (Å²) in [4.78, 5) is 11.6. The van der Waals surface area contributed by atoms with Crippen LogP contribution < -0.4 is 5.43 Å². The summed E-state index contributed by atoms with van der Waals surface area (Å²) in [6.45, 7) is 0. The van der Waals surface area contributed by atoms with E-state index in [0.717, 1.165) is 21.7 Å². The van der Waals surface area contributed by atoms with Gasteiger partial charge >= 0.3 is 0 Å². The third kappa shape index (κ3) is 2.64. The lowest BCUT2D eigenvalue weighted by atomic mass is 10.2. The maximum absolute atomic E-state index is 9.70. The largest absolute Gasteiger partial charge is 0.493 e. The van der Waals surface area contributed by atoms with Gasteiger partial charge in [0.2, 0.25) is 17.0 Å². The monoisotopic (exact) mass is 325 g/mol. The van der Waals surface area contributed by atoms with Crippen LogP contribution in [-0.4, -0.2) is 36.1 Å². The van der Waals surface area contributed by atoms with Crippen LogP contribution in [-0.2, 0) is 0 Å². The van der Waals surface area contributed by atoms with Crippen LogP contribution in [0.4, 0.5) is 5.13 Å². The van der Waals surface area contributed by atoms with Crippen LogP contribution in [0.25, 0.3) is 17.0 Å². The third-order valence-electron chi connectivity index (χ3n) is 3.12. The number of H-pyrrole nitrogens is 1. The number of aromatic hydroxyl groups is 1. The molecule has 0 aliphatic rings. The van der Waals surface area contributed by atoms with Gasteiger partial charge in [-0.05, 0) is 17.7 Å². The van der Waals surface area contributed by atoms with Gasteiger partial charge in [0.25, 0.3) is 0 Å². The third-order valence-corrected chi connectivity index (χ3v) is 3.80. The molecule has 0 aliphatic carbocycles. The Hall–Kier alpha value is -3.20. The van der Waals surface area contributed by atoms with Crippen molar-refractivity contribution in [3.63, 3.8) is 0 Å². The molecule has 0 atom stereocenters. The number of hydrogen-bond donors (Lipinski definition) is 3. The van der Waals surface area contributed by atoms with E-state index in [4.69, 9.17) is 0 Å². The second-order valence-electron chi connectivity index (χ2n) is 4.65. The molecule has 0 amide bonds. The number of anilines is 1. The Morgan fingerprint density at radius 2 is 2.26 bits per heavy atom. The van der Waals surface area contributed by atoms with Crippen LogP contribution in [0.3, 0.4) is 0 Å². The van der Waals surface area contributed by atoms with E-state index in [2.05, 4.69) is 30.6 Å². The summed E-state index contributed by atoms with van der Waals surface area (Å²) in [5, 5.41) is 20.5. The van der Waals surface area contributed by atoms with Crippen molar-refractivity contribution in [1.29, 1.82) is 0 Å². The topological polar surface area (TPSA) is 104 Å². The van der Waals surface area contributed by atoms with Crippen LogP contribution in [0.5, 0.6) is 5.88 Å². The van der Waals surface area contributed by atoms with Crippen molar-refractivity contribution in [3.8, 4) is 11.8 Å². The molecule has 0 radical (unpaired) electrons. The minimum absolute atomic E-state index is 0.0264. The summed E-state index contributed by atoms with van der Waals surface area (Å²) in [7, 11) is 0. The molecule has 0 aliphatic heterocycles. The molecule has 3 aromatic heterocycles. The SMILES string of the molecule is Oc1ccnn1-c1nc2cc(C=NNc3nccs3)ccc2[nH]1. The summed E-state index contributed by atoms with van der Waals surface area (Å²) in [6.07, 6.45) is 4.91. The lowest BCUT2D eigenvalue weighted by molar-refractivity contribution is 0.430. The molecule has 4 aromatic rings. The van der Waals surface area contributed by atoms with Crippen LogP contribution in [0.1, 0.15) is 5.56 Å². The lowest BCUT2D eigenvalue weighted by Gasteiger charge is -1.95. The van der Waals surface area contributed by atoms with Gasteiger partial charge in [-0.1, -0.05) is 6.07 Å². The van der Waals surface area contributed by atoms with Gasteiger partial charge in [0, 0.05) is 17.6 Å². The van der Waals surface area contributed by atoms with Crippen molar-refractivity contribution in [2.24, 2.45) is 5.10 Å². The molecule has 3 N–H and O–H groups in total. The summed E-state index contributed by atoms with van der Waals surface area (Å²) >= 11 is 1.48. The van der Waals surface area contributed by atoms with Gasteiger partial charge in [-0.3, -0.25) is 5.43 Å². The smallest absolute Gasteiger partial charge is 0.232 e. The van der Waals surface area contributed by atoms with E-state index in [9.17, 15) is 5.11 Å².